The molecule has 4 aliphatic rings. The van der Waals surface area contributed by atoms with E-state index in [1.807, 2.05) is 0 Å². The molecule has 2 unspecified atom stereocenters. The van der Waals surface area contributed by atoms with E-state index >= 15 is 0 Å². The number of rotatable bonds is 2. The summed E-state index contributed by atoms with van der Waals surface area (Å²) >= 11 is 2.12. The predicted octanol–water partition coefficient (Wildman–Crippen LogP) is 3.83. The molecule has 0 amide bonds. The quantitative estimate of drug-likeness (QED) is 0.873. The maximum atomic E-state index is 6.65. The summed E-state index contributed by atoms with van der Waals surface area (Å²) in [6, 6.07) is 10.9. The standard InChI is InChI=1S/C16H21NS/c17-15-7-12-6-13(8-15)10-16(9-12,11-15)18-14-4-2-1-3-5-14/h1-5,12-13H,6-11,17H2. The molecule has 18 heavy (non-hydrogen) atoms. The molecule has 1 aromatic carbocycles. The minimum atomic E-state index is 0.172. The van der Waals surface area contributed by atoms with Crippen LogP contribution in [0, 0.1) is 11.8 Å². The van der Waals surface area contributed by atoms with Crippen molar-refractivity contribution >= 4 is 11.8 Å². The second kappa shape index (κ2) is 3.77. The lowest BCUT2D eigenvalue weighted by Crippen LogP contribution is -2.61. The second-order valence-corrected chi connectivity index (χ2v) is 8.46. The van der Waals surface area contributed by atoms with Gasteiger partial charge in [-0.25, -0.2) is 0 Å². The van der Waals surface area contributed by atoms with Gasteiger partial charge >= 0.3 is 0 Å². The van der Waals surface area contributed by atoms with Crippen molar-refractivity contribution in [1.29, 1.82) is 0 Å². The van der Waals surface area contributed by atoms with Gasteiger partial charge < -0.3 is 5.73 Å². The van der Waals surface area contributed by atoms with Crippen LogP contribution < -0.4 is 5.73 Å². The highest BCUT2D eigenvalue weighted by molar-refractivity contribution is 8.00. The Hall–Kier alpha value is -0.470. The van der Waals surface area contributed by atoms with Crippen molar-refractivity contribution in [2.24, 2.45) is 17.6 Å². The zero-order valence-corrected chi connectivity index (χ0v) is 11.6. The molecule has 0 aliphatic heterocycles. The Kier molecular flexibility index (Phi) is 2.38. The average molecular weight is 259 g/mol. The van der Waals surface area contributed by atoms with Gasteiger partial charge in [-0.1, -0.05) is 18.2 Å². The number of hydrogen-bond donors (Lipinski definition) is 1. The fourth-order valence-corrected chi connectivity index (χ4v) is 6.90. The van der Waals surface area contributed by atoms with Gasteiger partial charge in [0.2, 0.25) is 0 Å². The van der Waals surface area contributed by atoms with Crippen LogP contribution in [0.25, 0.3) is 0 Å². The third-order valence-electron chi connectivity index (χ3n) is 5.13. The average Bonchev–Trinajstić information content (AvgIpc) is 2.25. The first kappa shape index (κ1) is 11.4. The summed E-state index contributed by atoms with van der Waals surface area (Å²) < 4.78 is 0.459. The van der Waals surface area contributed by atoms with Crippen LogP contribution in [0.2, 0.25) is 0 Å². The van der Waals surface area contributed by atoms with Gasteiger partial charge in [-0.3, -0.25) is 0 Å². The van der Waals surface area contributed by atoms with Gasteiger partial charge in [-0.15, -0.1) is 11.8 Å². The number of hydrogen-bond acceptors (Lipinski definition) is 2. The van der Waals surface area contributed by atoms with E-state index in [1.54, 1.807) is 0 Å². The molecule has 1 aromatic rings. The van der Waals surface area contributed by atoms with Crippen LogP contribution in [0.15, 0.2) is 35.2 Å². The Balaban J connectivity index is 1.64. The van der Waals surface area contributed by atoms with E-state index < -0.39 is 0 Å². The van der Waals surface area contributed by atoms with Gasteiger partial charge in [0.25, 0.3) is 0 Å². The Morgan fingerprint density at radius 2 is 1.67 bits per heavy atom. The van der Waals surface area contributed by atoms with Gasteiger partial charge in [0.05, 0.1) is 0 Å². The van der Waals surface area contributed by atoms with E-state index in [0.717, 1.165) is 11.8 Å². The SMILES string of the molecule is NC12CC3CC(C1)CC(Sc1ccccc1)(C3)C2. The minimum Gasteiger partial charge on any atom is -0.325 e. The molecule has 4 fully saturated rings. The van der Waals surface area contributed by atoms with Crippen LogP contribution in [-0.4, -0.2) is 10.3 Å². The van der Waals surface area contributed by atoms with Crippen molar-refractivity contribution in [2.45, 2.75) is 53.7 Å². The molecule has 0 heterocycles. The Bertz CT molecular complexity index is 441. The topological polar surface area (TPSA) is 26.0 Å². The van der Waals surface area contributed by atoms with Crippen molar-refractivity contribution in [3.05, 3.63) is 30.3 Å². The van der Waals surface area contributed by atoms with Crippen molar-refractivity contribution in [2.75, 3.05) is 0 Å². The highest BCUT2D eigenvalue weighted by atomic mass is 32.2. The van der Waals surface area contributed by atoms with Crippen LogP contribution in [0.3, 0.4) is 0 Å². The van der Waals surface area contributed by atoms with Crippen molar-refractivity contribution in [3.8, 4) is 0 Å². The minimum absolute atomic E-state index is 0.172. The summed E-state index contributed by atoms with van der Waals surface area (Å²) in [6.07, 6.45) is 8.09. The van der Waals surface area contributed by atoms with Crippen LogP contribution in [0.4, 0.5) is 0 Å². The molecule has 4 saturated carbocycles. The molecule has 4 bridgehead atoms. The lowest BCUT2D eigenvalue weighted by Gasteiger charge is -2.60. The summed E-state index contributed by atoms with van der Waals surface area (Å²) in [5, 5.41) is 0. The van der Waals surface area contributed by atoms with Crippen LogP contribution in [0.5, 0.6) is 0 Å². The molecule has 0 saturated heterocycles. The Morgan fingerprint density at radius 1 is 1.00 bits per heavy atom. The van der Waals surface area contributed by atoms with Crippen LogP contribution >= 0.6 is 11.8 Å². The molecule has 0 spiro atoms. The maximum Gasteiger partial charge on any atom is 0.0230 e. The van der Waals surface area contributed by atoms with Gasteiger partial charge in [-0.05, 0) is 62.5 Å². The van der Waals surface area contributed by atoms with E-state index in [9.17, 15) is 0 Å². The van der Waals surface area contributed by atoms with E-state index in [1.165, 1.54) is 43.4 Å². The molecule has 2 atom stereocenters. The van der Waals surface area contributed by atoms with Gasteiger partial charge in [0.1, 0.15) is 0 Å². The van der Waals surface area contributed by atoms with Gasteiger partial charge in [0, 0.05) is 15.2 Å². The Labute approximate surface area is 114 Å². The van der Waals surface area contributed by atoms with Crippen LogP contribution in [0.1, 0.15) is 38.5 Å². The lowest BCUT2D eigenvalue weighted by atomic mass is 9.53. The first-order valence-electron chi connectivity index (χ1n) is 7.18. The smallest absolute Gasteiger partial charge is 0.0230 e. The molecule has 5 rings (SSSR count). The second-order valence-electron chi connectivity index (χ2n) is 6.92. The molecule has 2 N–H and O–H groups in total. The van der Waals surface area contributed by atoms with Crippen LogP contribution in [-0.2, 0) is 0 Å². The normalized spacial score (nSPS) is 45.4. The number of nitrogens with two attached hydrogens (primary N) is 1. The molecular weight excluding hydrogens is 238 g/mol. The molecule has 0 aromatic heterocycles. The fraction of sp³-hybridized carbons (Fsp3) is 0.625. The molecular formula is C16H21NS. The van der Waals surface area contributed by atoms with Gasteiger partial charge in [0.15, 0.2) is 0 Å². The third kappa shape index (κ3) is 1.81. The zero-order chi connectivity index (χ0) is 12.2. The lowest BCUT2D eigenvalue weighted by molar-refractivity contribution is 0.0177. The summed E-state index contributed by atoms with van der Waals surface area (Å²) in [6.45, 7) is 0. The predicted molar refractivity (Wildman–Crippen MR) is 76.6 cm³/mol. The fourth-order valence-electron chi connectivity index (χ4n) is 5.11. The largest absolute Gasteiger partial charge is 0.325 e. The highest BCUT2D eigenvalue weighted by Crippen LogP contribution is 2.62. The van der Waals surface area contributed by atoms with E-state index in [2.05, 4.69) is 42.1 Å². The van der Waals surface area contributed by atoms with E-state index in [-0.39, 0.29) is 5.54 Å². The molecule has 0 radical (unpaired) electrons. The summed E-state index contributed by atoms with van der Waals surface area (Å²) in [5.74, 6) is 1.82. The molecule has 96 valence electrons. The monoisotopic (exact) mass is 259 g/mol. The molecule has 4 aliphatic carbocycles. The highest BCUT2D eigenvalue weighted by Gasteiger charge is 2.56. The van der Waals surface area contributed by atoms with E-state index in [0.29, 0.717) is 4.75 Å². The summed E-state index contributed by atoms with van der Waals surface area (Å²) in [4.78, 5) is 1.43. The number of thioether (sulfide) groups is 1. The van der Waals surface area contributed by atoms with Gasteiger partial charge in [-0.2, -0.15) is 0 Å². The first-order chi connectivity index (χ1) is 8.65. The van der Waals surface area contributed by atoms with Crippen molar-refractivity contribution < 1.29 is 0 Å². The zero-order valence-electron chi connectivity index (χ0n) is 10.8. The van der Waals surface area contributed by atoms with Crippen molar-refractivity contribution in [1.82, 2.24) is 0 Å². The molecule has 1 nitrogen and oxygen atoms in total. The van der Waals surface area contributed by atoms with Crippen molar-refractivity contribution in [3.63, 3.8) is 0 Å². The Morgan fingerprint density at radius 3 is 2.28 bits per heavy atom. The number of benzene rings is 1. The summed E-state index contributed by atoms with van der Waals surface area (Å²) in [7, 11) is 0. The third-order valence-corrected chi connectivity index (χ3v) is 6.55. The molecule has 2 heteroatoms. The first-order valence-corrected chi connectivity index (χ1v) is 7.99. The maximum absolute atomic E-state index is 6.65. The van der Waals surface area contributed by atoms with E-state index in [4.69, 9.17) is 5.73 Å². The summed E-state index contributed by atoms with van der Waals surface area (Å²) in [5.41, 5.74) is 6.82.